The van der Waals surface area contributed by atoms with E-state index in [0.717, 1.165) is 32.7 Å². The predicted molar refractivity (Wildman–Crippen MR) is 112 cm³/mol. The van der Waals surface area contributed by atoms with Gasteiger partial charge in [0.2, 0.25) is 0 Å². The molecule has 0 bridgehead atoms. The van der Waals surface area contributed by atoms with Crippen LogP contribution in [-0.4, -0.2) is 19.8 Å². The first-order chi connectivity index (χ1) is 12.3. The minimum atomic E-state index is -0.141. The zero-order valence-electron chi connectivity index (χ0n) is 15.5. The van der Waals surface area contributed by atoms with Gasteiger partial charge in [-0.15, -0.1) is 0 Å². The molecule has 2 nitrogen and oxygen atoms in total. The zero-order valence-corrected chi connectivity index (χ0v) is 17.6. The van der Waals surface area contributed by atoms with E-state index in [-0.39, 0.29) is 5.82 Å². The van der Waals surface area contributed by atoms with E-state index in [1.54, 1.807) is 12.1 Å². The lowest BCUT2D eigenvalue weighted by Crippen LogP contribution is -1.99. The molecule has 0 saturated carbocycles. The Morgan fingerprint density at radius 3 is 1.76 bits per heavy atom. The molecule has 144 valence electrons. The second kappa shape index (κ2) is 17.2. The Bertz CT molecular complexity index is 397. The molecule has 0 aliphatic carbocycles. The predicted octanol–water partition coefficient (Wildman–Crippen LogP) is 7.04. The van der Waals surface area contributed by atoms with Crippen molar-refractivity contribution in [1.82, 2.24) is 0 Å². The molecular weight excluding hydrogens is 430 g/mol. The van der Waals surface area contributed by atoms with Gasteiger partial charge in [-0.05, 0) is 43.4 Å². The third kappa shape index (κ3) is 14.6. The summed E-state index contributed by atoms with van der Waals surface area (Å²) in [6, 6.07) is 6.92. The summed E-state index contributed by atoms with van der Waals surface area (Å²) < 4.78 is 23.3. The maximum Gasteiger partial charge on any atom is 0.123 e. The minimum Gasteiger partial charge on any atom is -0.381 e. The van der Waals surface area contributed by atoms with E-state index in [0.29, 0.717) is 0 Å². The lowest BCUT2D eigenvalue weighted by molar-refractivity contribution is 0.120. The van der Waals surface area contributed by atoms with Crippen LogP contribution in [0.25, 0.3) is 0 Å². The Kier molecular flexibility index (Phi) is 15.7. The van der Waals surface area contributed by atoms with Crippen LogP contribution in [0.5, 0.6) is 0 Å². The smallest absolute Gasteiger partial charge is 0.123 e. The number of aryl methyl sites for hydroxylation is 1. The number of benzene rings is 1. The number of rotatable bonds is 17. The van der Waals surface area contributed by atoms with Crippen molar-refractivity contribution in [2.45, 2.75) is 77.0 Å². The van der Waals surface area contributed by atoms with Crippen LogP contribution in [0.15, 0.2) is 24.3 Å². The summed E-state index contributed by atoms with van der Waals surface area (Å²) in [5.74, 6) is -0.141. The van der Waals surface area contributed by atoms with E-state index < -0.39 is 0 Å². The minimum absolute atomic E-state index is 0.141. The standard InChI is InChI=1S/C21H34FIO2/c22-21-15-13-20(14-16-21)12-9-7-5-3-1-2-4-6-8-10-17-24-18-11-19-25-23/h13-16H,1-12,17-19H2. The molecule has 0 atom stereocenters. The van der Waals surface area contributed by atoms with E-state index in [9.17, 15) is 4.39 Å². The van der Waals surface area contributed by atoms with Gasteiger partial charge in [0.15, 0.2) is 0 Å². The van der Waals surface area contributed by atoms with Gasteiger partial charge in [-0.3, -0.25) is 0 Å². The number of ether oxygens (including phenoxy) is 1. The summed E-state index contributed by atoms with van der Waals surface area (Å²) in [7, 11) is 0. The van der Waals surface area contributed by atoms with Gasteiger partial charge in [0.1, 0.15) is 28.8 Å². The van der Waals surface area contributed by atoms with Crippen molar-refractivity contribution < 1.29 is 12.2 Å². The molecule has 0 aromatic heterocycles. The Hall–Kier alpha value is -0.200. The van der Waals surface area contributed by atoms with Crippen LogP contribution in [0.1, 0.15) is 76.2 Å². The van der Waals surface area contributed by atoms with Gasteiger partial charge >= 0.3 is 0 Å². The summed E-state index contributed by atoms with van der Waals surface area (Å²) >= 11 is 1.92. The highest BCUT2D eigenvalue weighted by Gasteiger charge is 1.96. The molecule has 1 aromatic carbocycles. The highest BCUT2D eigenvalue weighted by molar-refractivity contribution is 14.1. The first kappa shape index (κ1) is 22.8. The van der Waals surface area contributed by atoms with E-state index in [4.69, 9.17) is 7.80 Å². The molecule has 25 heavy (non-hydrogen) atoms. The zero-order chi connectivity index (χ0) is 18.0. The van der Waals surface area contributed by atoms with Crippen molar-refractivity contribution >= 4 is 23.0 Å². The first-order valence-electron chi connectivity index (χ1n) is 9.88. The fourth-order valence-electron chi connectivity index (χ4n) is 2.92. The molecule has 0 fully saturated rings. The molecule has 0 radical (unpaired) electrons. The Labute approximate surface area is 167 Å². The highest BCUT2D eigenvalue weighted by Crippen LogP contribution is 2.13. The van der Waals surface area contributed by atoms with Crippen molar-refractivity contribution in [3.05, 3.63) is 35.6 Å². The van der Waals surface area contributed by atoms with Crippen LogP contribution < -0.4 is 0 Å². The van der Waals surface area contributed by atoms with Crippen LogP contribution in [-0.2, 0) is 14.2 Å². The molecule has 0 spiro atoms. The van der Waals surface area contributed by atoms with Crippen LogP contribution in [0.2, 0.25) is 0 Å². The molecule has 0 unspecified atom stereocenters. The van der Waals surface area contributed by atoms with Crippen molar-refractivity contribution in [3.8, 4) is 0 Å². The van der Waals surface area contributed by atoms with Gasteiger partial charge in [0.25, 0.3) is 0 Å². The maximum atomic E-state index is 12.8. The van der Waals surface area contributed by atoms with Crippen molar-refractivity contribution in [2.24, 2.45) is 0 Å². The van der Waals surface area contributed by atoms with Crippen LogP contribution >= 0.6 is 23.0 Å². The molecule has 0 amide bonds. The van der Waals surface area contributed by atoms with Gasteiger partial charge in [0.05, 0.1) is 6.61 Å². The fraction of sp³-hybridized carbons (Fsp3) is 0.714. The maximum absolute atomic E-state index is 12.8. The number of hydrogen-bond acceptors (Lipinski definition) is 2. The van der Waals surface area contributed by atoms with Crippen molar-refractivity contribution in [3.63, 3.8) is 0 Å². The Balaban J connectivity index is 1.74. The quantitative estimate of drug-likeness (QED) is 0.182. The first-order valence-corrected chi connectivity index (χ1v) is 10.8. The van der Waals surface area contributed by atoms with Gasteiger partial charge in [-0.2, -0.15) is 0 Å². The van der Waals surface area contributed by atoms with E-state index >= 15 is 0 Å². The molecule has 4 heteroatoms. The van der Waals surface area contributed by atoms with E-state index in [2.05, 4.69) is 0 Å². The monoisotopic (exact) mass is 464 g/mol. The summed E-state index contributed by atoms with van der Waals surface area (Å²) in [5.41, 5.74) is 1.25. The lowest BCUT2D eigenvalue weighted by atomic mass is 10.0. The number of unbranched alkanes of at least 4 members (excludes halogenated alkanes) is 9. The van der Waals surface area contributed by atoms with Crippen LogP contribution in [0.3, 0.4) is 0 Å². The molecule has 0 heterocycles. The average Bonchev–Trinajstić information content (AvgIpc) is 2.63. The summed E-state index contributed by atoms with van der Waals surface area (Å²) in [4.78, 5) is 0. The second-order valence-corrected chi connectivity index (χ2v) is 7.31. The Morgan fingerprint density at radius 2 is 1.16 bits per heavy atom. The topological polar surface area (TPSA) is 18.5 Å². The number of halogens is 2. The summed E-state index contributed by atoms with van der Waals surface area (Å²) in [6.07, 6.45) is 15.2. The molecule has 0 aliphatic rings. The van der Waals surface area contributed by atoms with Gasteiger partial charge in [-0.1, -0.05) is 63.5 Å². The highest BCUT2D eigenvalue weighted by atomic mass is 127. The van der Waals surface area contributed by atoms with E-state index in [1.165, 1.54) is 69.8 Å². The molecule has 0 N–H and O–H groups in total. The summed E-state index contributed by atoms with van der Waals surface area (Å²) in [6.45, 7) is 2.51. The summed E-state index contributed by atoms with van der Waals surface area (Å²) in [5, 5.41) is 0. The SMILES string of the molecule is Fc1ccc(CCCCCCCCCCCCOCCCOI)cc1. The normalized spacial score (nSPS) is 11.1. The molecule has 0 aliphatic heterocycles. The van der Waals surface area contributed by atoms with Crippen molar-refractivity contribution in [1.29, 1.82) is 0 Å². The molecule has 0 saturated heterocycles. The Morgan fingerprint density at radius 1 is 0.640 bits per heavy atom. The fourth-order valence-corrected chi connectivity index (χ4v) is 3.23. The van der Waals surface area contributed by atoms with Crippen molar-refractivity contribution in [2.75, 3.05) is 19.8 Å². The third-order valence-corrected chi connectivity index (χ3v) is 4.87. The van der Waals surface area contributed by atoms with Gasteiger partial charge in [0, 0.05) is 13.2 Å². The molecule has 1 aromatic rings. The lowest BCUT2D eigenvalue weighted by Gasteiger charge is -2.04. The molecular formula is C21H34FIO2. The van der Waals surface area contributed by atoms with Gasteiger partial charge < -0.3 is 7.80 Å². The molecule has 1 rings (SSSR count). The van der Waals surface area contributed by atoms with Gasteiger partial charge in [-0.25, -0.2) is 4.39 Å². The number of hydrogen-bond donors (Lipinski definition) is 0. The second-order valence-electron chi connectivity index (χ2n) is 6.69. The van der Waals surface area contributed by atoms with Crippen LogP contribution in [0, 0.1) is 5.82 Å². The van der Waals surface area contributed by atoms with E-state index in [1.807, 2.05) is 35.1 Å². The average molecular weight is 464 g/mol. The largest absolute Gasteiger partial charge is 0.381 e. The van der Waals surface area contributed by atoms with Crippen LogP contribution in [0.4, 0.5) is 4.39 Å². The third-order valence-electron chi connectivity index (χ3n) is 4.43.